The lowest BCUT2D eigenvalue weighted by Crippen LogP contribution is -2.29. The Bertz CT molecular complexity index is 1360. The van der Waals surface area contributed by atoms with Crippen LogP contribution in [0, 0.1) is 11.3 Å². The molecule has 0 bridgehead atoms. The molecule has 8 nitrogen and oxygen atoms in total. The van der Waals surface area contributed by atoms with Gasteiger partial charge in [-0.3, -0.25) is 4.68 Å². The zero-order chi connectivity index (χ0) is 23.7. The number of nitrogens with one attached hydrogen (secondary N) is 1. The molecule has 0 amide bonds. The Balaban J connectivity index is 1.36. The van der Waals surface area contributed by atoms with E-state index in [9.17, 15) is 14.0 Å². The van der Waals surface area contributed by atoms with Crippen LogP contribution >= 0.6 is 15.9 Å². The maximum absolute atomic E-state index is 12.7. The van der Waals surface area contributed by atoms with Gasteiger partial charge in [0.25, 0.3) is 6.43 Å². The summed E-state index contributed by atoms with van der Waals surface area (Å²) in [6.45, 7) is -0.513. The van der Waals surface area contributed by atoms with Crippen LogP contribution in [-0.4, -0.2) is 41.8 Å². The Morgan fingerprint density at radius 3 is 2.94 bits per heavy atom. The molecule has 5 rings (SSSR count). The first kappa shape index (κ1) is 22.4. The fourth-order valence-electron chi connectivity index (χ4n) is 4.53. The number of fused-ring (bicyclic) bond motifs is 1. The number of hydrogen-bond donors (Lipinski definition) is 1. The van der Waals surface area contributed by atoms with Gasteiger partial charge in [-0.05, 0) is 53.7 Å². The summed E-state index contributed by atoms with van der Waals surface area (Å²) in [5, 5.41) is 16.9. The van der Waals surface area contributed by atoms with Crippen molar-refractivity contribution in [2.75, 3.05) is 5.32 Å². The molecule has 34 heavy (non-hydrogen) atoms. The molecule has 1 aromatic carbocycles. The molecule has 1 aliphatic rings. The van der Waals surface area contributed by atoms with E-state index in [1.165, 1.54) is 18.6 Å². The molecule has 3 heterocycles. The highest BCUT2D eigenvalue weighted by atomic mass is 79.9. The van der Waals surface area contributed by atoms with E-state index in [4.69, 9.17) is 0 Å². The Hall–Kier alpha value is -3.39. The maximum atomic E-state index is 12.7. The summed E-state index contributed by atoms with van der Waals surface area (Å²) in [5.74, 6) is 0.401. The molecule has 0 unspecified atom stereocenters. The van der Waals surface area contributed by atoms with E-state index in [0.29, 0.717) is 17.2 Å². The molecule has 174 valence electrons. The lowest BCUT2D eigenvalue weighted by Gasteiger charge is -2.31. The highest BCUT2D eigenvalue weighted by Crippen LogP contribution is 2.34. The monoisotopic (exact) mass is 526 g/mol. The second-order valence-electron chi connectivity index (χ2n) is 8.33. The largest absolute Gasteiger partial charge is 0.351 e. The van der Waals surface area contributed by atoms with Crippen molar-refractivity contribution in [1.82, 2.24) is 29.3 Å². The number of halogens is 3. The van der Waals surface area contributed by atoms with Crippen LogP contribution in [0.5, 0.6) is 0 Å². The summed E-state index contributed by atoms with van der Waals surface area (Å²) < 4.78 is 29.8. The number of nitriles is 1. The molecular weight excluding hydrogens is 506 g/mol. The number of benzene rings is 1. The van der Waals surface area contributed by atoms with Crippen molar-refractivity contribution >= 4 is 32.9 Å². The molecule has 0 saturated heterocycles. The van der Waals surface area contributed by atoms with Crippen molar-refractivity contribution in [2.24, 2.45) is 0 Å². The first-order valence-corrected chi connectivity index (χ1v) is 11.8. The van der Waals surface area contributed by atoms with E-state index < -0.39 is 13.0 Å². The van der Waals surface area contributed by atoms with Crippen molar-refractivity contribution in [3.8, 4) is 17.3 Å². The van der Waals surface area contributed by atoms with E-state index in [1.54, 1.807) is 0 Å². The van der Waals surface area contributed by atoms with Crippen LogP contribution in [-0.2, 0) is 6.54 Å². The molecule has 0 spiro atoms. The van der Waals surface area contributed by atoms with Crippen LogP contribution in [0.15, 0.2) is 47.6 Å². The van der Waals surface area contributed by atoms with E-state index in [-0.39, 0.29) is 17.6 Å². The van der Waals surface area contributed by atoms with Crippen molar-refractivity contribution in [2.45, 2.75) is 50.7 Å². The van der Waals surface area contributed by atoms with Crippen LogP contribution in [0.4, 0.5) is 14.7 Å². The van der Waals surface area contributed by atoms with Gasteiger partial charge in [0.15, 0.2) is 0 Å². The molecule has 1 N–H and O–H groups in total. The molecule has 0 aliphatic heterocycles. The van der Waals surface area contributed by atoms with Crippen molar-refractivity contribution < 1.29 is 8.78 Å². The smallest absolute Gasteiger partial charge is 0.257 e. The van der Waals surface area contributed by atoms with Gasteiger partial charge < -0.3 is 9.88 Å². The number of hydrogen-bond acceptors (Lipinski definition) is 6. The molecular formula is C23H21BrF2N8. The van der Waals surface area contributed by atoms with Crippen LogP contribution in [0.2, 0.25) is 0 Å². The number of para-hydroxylation sites is 1. The summed E-state index contributed by atoms with van der Waals surface area (Å²) in [7, 11) is 0. The standard InChI is InChI=1S/C23H21BrF2N8/c24-18-5-2-6-19-22(18)34(13-29-19)17-4-1-3-16(7-17)31-23-28-9-14(8-27)21(32-23)15-10-30-33(11-15)12-20(25)26/h2,5-6,9-11,13,16-17,20H,1,3-4,7,12H2,(H,28,31,32)/t16-,17+/m1/s1. The number of alkyl halides is 2. The molecule has 0 radical (unpaired) electrons. The Morgan fingerprint density at radius 1 is 1.24 bits per heavy atom. The molecule has 1 saturated carbocycles. The second kappa shape index (κ2) is 9.46. The minimum absolute atomic E-state index is 0.140. The Labute approximate surface area is 202 Å². The van der Waals surface area contributed by atoms with E-state index in [1.807, 2.05) is 24.5 Å². The average Bonchev–Trinajstić information content (AvgIpc) is 3.47. The summed E-state index contributed by atoms with van der Waals surface area (Å²) in [4.78, 5) is 13.4. The van der Waals surface area contributed by atoms with Gasteiger partial charge in [-0.1, -0.05) is 6.07 Å². The van der Waals surface area contributed by atoms with Gasteiger partial charge >= 0.3 is 0 Å². The third kappa shape index (κ3) is 4.50. The first-order valence-electron chi connectivity index (χ1n) is 11.0. The van der Waals surface area contributed by atoms with Crippen molar-refractivity contribution in [1.29, 1.82) is 5.26 Å². The van der Waals surface area contributed by atoms with E-state index >= 15 is 0 Å². The van der Waals surface area contributed by atoms with Gasteiger partial charge in [-0.15, -0.1) is 0 Å². The van der Waals surface area contributed by atoms with Gasteiger partial charge in [0.1, 0.15) is 12.6 Å². The fraction of sp³-hybridized carbons (Fsp3) is 0.348. The minimum atomic E-state index is -2.52. The van der Waals surface area contributed by atoms with Gasteiger partial charge in [-0.2, -0.15) is 10.4 Å². The number of imidazole rings is 1. The Kier molecular flexibility index (Phi) is 6.24. The summed E-state index contributed by atoms with van der Waals surface area (Å²) >= 11 is 3.65. The molecule has 4 aromatic rings. The van der Waals surface area contributed by atoms with Crippen LogP contribution in [0.25, 0.3) is 22.3 Å². The van der Waals surface area contributed by atoms with Crippen molar-refractivity contribution in [3.05, 3.63) is 53.2 Å². The van der Waals surface area contributed by atoms with E-state index in [0.717, 1.165) is 45.9 Å². The number of rotatable bonds is 6. The van der Waals surface area contributed by atoms with Gasteiger partial charge in [0.2, 0.25) is 5.95 Å². The van der Waals surface area contributed by atoms with Crippen LogP contribution < -0.4 is 5.32 Å². The van der Waals surface area contributed by atoms with Gasteiger partial charge in [0, 0.05) is 28.3 Å². The molecule has 1 aliphatic carbocycles. The lowest BCUT2D eigenvalue weighted by atomic mass is 9.90. The third-order valence-electron chi connectivity index (χ3n) is 6.06. The zero-order valence-electron chi connectivity index (χ0n) is 18.1. The summed E-state index contributed by atoms with van der Waals surface area (Å²) in [6, 6.07) is 8.49. The number of anilines is 1. The topological polar surface area (TPSA) is 97.2 Å². The lowest BCUT2D eigenvalue weighted by molar-refractivity contribution is 0.122. The van der Waals surface area contributed by atoms with Gasteiger partial charge in [0.05, 0.1) is 41.0 Å². The molecule has 11 heteroatoms. The minimum Gasteiger partial charge on any atom is -0.351 e. The highest BCUT2D eigenvalue weighted by Gasteiger charge is 2.26. The SMILES string of the molecule is N#Cc1cnc(N[C@@H]2CCC[C@H](n3cnc4cccc(Br)c43)C2)nc1-c1cnn(CC(F)F)c1. The third-order valence-corrected chi connectivity index (χ3v) is 6.70. The predicted octanol–water partition coefficient (Wildman–Crippen LogP) is 5.18. The predicted molar refractivity (Wildman–Crippen MR) is 126 cm³/mol. The number of aromatic nitrogens is 6. The molecule has 2 atom stereocenters. The number of nitrogens with zero attached hydrogens (tertiary/aromatic N) is 7. The van der Waals surface area contributed by atoms with Crippen molar-refractivity contribution in [3.63, 3.8) is 0 Å². The first-order chi connectivity index (χ1) is 16.5. The Morgan fingerprint density at radius 2 is 2.12 bits per heavy atom. The van der Waals surface area contributed by atoms with Gasteiger partial charge in [-0.25, -0.2) is 23.7 Å². The average molecular weight is 527 g/mol. The van der Waals surface area contributed by atoms with Crippen LogP contribution in [0.1, 0.15) is 37.3 Å². The van der Waals surface area contributed by atoms with Crippen LogP contribution in [0.3, 0.4) is 0 Å². The molecule has 1 fully saturated rings. The fourth-order valence-corrected chi connectivity index (χ4v) is 5.09. The van der Waals surface area contributed by atoms with E-state index in [2.05, 4.69) is 51.9 Å². The maximum Gasteiger partial charge on any atom is 0.257 e. The zero-order valence-corrected chi connectivity index (χ0v) is 19.7. The second-order valence-corrected chi connectivity index (χ2v) is 9.19. The summed E-state index contributed by atoms with van der Waals surface area (Å²) in [5.41, 5.74) is 3.18. The molecule has 3 aromatic heterocycles. The quantitative estimate of drug-likeness (QED) is 0.371. The normalized spacial score (nSPS) is 18.3. The highest BCUT2D eigenvalue weighted by molar-refractivity contribution is 9.10. The summed E-state index contributed by atoms with van der Waals surface area (Å²) in [6.07, 6.45) is 7.67.